The fraction of sp³-hybridized carbons (Fsp3) is 0.857. The van der Waals surface area contributed by atoms with Gasteiger partial charge in [-0.25, -0.2) is 0 Å². The number of aliphatic carboxylic acids is 1. The standard InChI is InChI=1S/C5H11NOS.C2HF3O2/c6-4-5-2-1-3-8(5)7;3-2(4,5)1(6)7/h5H,1-4,6H2;(H,6,7). The first-order valence-electron chi connectivity index (χ1n) is 4.23. The highest BCUT2D eigenvalue weighted by molar-refractivity contribution is 7.85. The van der Waals surface area contributed by atoms with E-state index in [1.165, 1.54) is 0 Å². The lowest BCUT2D eigenvalue weighted by Gasteiger charge is -2.03. The summed E-state index contributed by atoms with van der Waals surface area (Å²) in [6.07, 6.45) is -2.91. The van der Waals surface area contributed by atoms with Gasteiger partial charge in [-0.3, -0.25) is 4.21 Å². The molecule has 1 fully saturated rings. The van der Waals surface area contributed by atoms with Crippen molar-refractivity contribution in [3.05, 3.63) is 0 Å². The Hall–Kier alpha value is -0.630. The molecular weight excluding hydrogens is 235 g/mol. The van der Waals surface area contributed by atoms with Crippen molar-refractivity contribution in [2.75, 3.05) is 12.3 Å². The summed E-state index contributed by atoms with van der Waals surface area (Å²) >= 11 is 0. The lowest BCUT2D eigenvalue weighted by Crippen LogP contribution is -2.55. The van der Waals surface area contributed by atoms with Crippen molar-refractivity contribution in [3.63, 3.8) is 0 Å². The van der Waals surface area contributed by atoms with Gasteiger partial charge in [0.05, 0.1) is 11.8 Å². The molecule has 1 aliphatic heterocycles. The molecule has 15 heavy (non-hydrogen) atoms. The monoisotopic (exact) mass is 247 g/mol. The molecule has 0 saturated carbocycles. The second-order valence-corrected chi connectivity index (χ2v) is 4.76. The summed E-state index contributed by atoms with van der Waals surface area (Å²) in [5.74, 6) is -2.09. The van der Waals surface area contributed by atoms with E-state index >= 15 is 0 Å². The number of rotatable bonds is 1. The average molecular weight is 247 g/mol. The highest BCUT2D eigenvalue weighted by Crippen LogP contribution is 2.13. The van der Waals surface area contributed by atoms with Crippen LogP contribution in [-0.4, -0.2) is 33.9 Å². The third kappa shape index (κ3) is 5.73. The molecule has 0 aliphatic carbocycles. The van der Waals surface area contributed by atoms with Gasteiger partial charge in [0.2, 0.25) is 0 Å². The van der Waals surface area contributed by atoms with Crippen LogP contribution in [0.3, 0.4) is 0 Å². The number of carbonyl (C=O) groups excluding carboxylic acids is 1. The molecule has 0 bridgehead atoms. The van der Waals surface area contributed by atoms with Crippen molar-refractivity contribution < 1.29 is 33.0 Å². The Morgan fingerprint density at radius 2 is 2.00 bits per heavy atom. The molecule has 0 amide bonds. The lowest BCUT2D eigenvalue weighted by atomic mass is 10.2. The molecular formula is C7H12F3NO3S. The summed E-state index contributed by atoms with van der Waals surface area (Å²) in [6, 6.07) is 0. The maximum Gasteiger partial charge on any atom is 0.430 e. The number of alkyl halides is 3. The molecule has 1 aliphatic rings. The quantitative estimate of drug-likeness (QED) is 0.608. The van der Waals surface area contributed by atoms with Gasteiger partial charge in [0.1, 0.15) is 5.97 Å². The van der Waals surface area contributed by atoms with Crippen molar-refractivity contribution in [1.29, 1.82) is 0 Å². The van der Waals surface area contributed by atoms with Gasteiger partial charge in [-0.05, 0) is 12.8 Å². The van der Waals surface area contributed by atoms with Crippen LogP contribution < -0.4 is 10.8 Å². The largest absolute Gasteiger partial charge is 0.542 e. The SMILES string of the molecule is O=C([O-])C(F)(F)F.[NH3+]CC1CCCS1=O. The third-order valence-electron chi connectivity index (χ3n) is 1.80. The summed E-state index contributed by atoms with van der Waals surface area (Å²) < 4.78 is 42.4. The first-order chi connectivity index (χ1) is 6.79. The molecule has 8 heteroatoms. The van der Waals surface area contributed by atoms with E-state index in [0.29, 0.717) is 5.25 Å². The van der Waals surface area contributed by atoms with Gasteiger partial charge in [-0.1, -0.05) is 0 Å². The van der Waals surface area contributed by atoms with Crippen molar-refractivity contribution in [3.8, 4) is 0 Å². The van der Waals surface area contributed by atoms with Crippen LogP contribution in [0.15, 0.2) is 0 Å². The van der Waals surface area contributed by atoms with E-state index in [4.69, 9.17) is 9.90 Å². The Morgan fingerprint density at radius 3 is 2.13 bits per heavy atom. The van der Waals surface area contributed by atoms with Crippen LogP contribution in [0.2, 0.25) is 0 Å². The number of hydrogen-bond donors (Lipinski definition) is 1. The van der Waals surface area contributed by atoms with Gasteiger partial charge < -0.3 is 15.6 Å². The molecule has 1 heterocycles. The van der Waals surface area contributed by atoms with E-state index in [0.717, 1.165) is 25.1 Å². The second kappa shape index (κ2) is 6.06. The van der Waals surface area contributed by atoms with Crippen molar-refractivity contribution in [2.24, 2.45) is 0 Å². The van der Waals surface area contributed by atoms with Crippen LogP contribution in [0.1, 0.15) is 12.8 Å². The van der Waals surface area contributed by atoms with E-state index in [1.54, 1.807) is 0 Å². The summed E-state index contributed by atoms with van der Waals surface area (Å²) in [5, 5.41) is 9.21. The lowest BCUT2D eigenvalue weighted by molar-refractivity contribution is -0.366. The molecule has 0 aromatic heterocycles. The summed E-state index contributed by atoms with van der Waals surface area (Å²) in [5.41, 5.74) is 3.73. The summed E-state index contributed by atoms with van der Waals surface area (Å²) in [4.78, 5) is 8.78. The molecule has 0 radical (unpaired) electrons. The topological polar surface area (TPSA) is 84.8 Å². The normalized spacial score (nSPS) is 25.6. The van der Waals surface area contributed by atoms with Gasteiger partial charge in [0.25, 0.3) is 0 Å². The first kappa shape index (κ1) is 14.4. The minimum Gasteiger partial charge on any atom is -0.542 e. The number of carboxylic acid groups (broad SMARTS) is 1. The Bertz CT molecular complexity index is 244. The van der Waals surface area contributed by atoms with Crippen molar-refractivity contribution >= 4 is 16.8 Å². The number of hydrogen-bond acceptors (Lipinski definition) is 3. The average Bonchev–Trinajstić information content (AvgIpc) is 2.50. The summed E-state index contributed by atoms with van der Waals surface area (Å²) in [6.45, 7) is 0.854. The van der Waals surface area contributed by atoms with Gasteiger partial charge in [0.15, 0.2) is 0 Å². The molecule has 4 nitrogen and oxygen atoms in total. The van der Waals surface area contributed by atoms with Crippen molar-refractivity contribution in [2.45, 2.75) is 24.3 Å². The maximum atomic E-state index is 10.9. The van der Waals surface area contributed by atoms with E-state index in [-0.39, 0.29) is 0 Å². The van der Waals surface area contributed by atoms with Crippen LogP contribution in [0, 0.1) is 0 Å². The van der Waals surface area contributed by atoms with E-state index < -0.39 is 22.9 Å². The zero-order valence-electron chi connectivity index (χ0n) is 7.88. The molecule has 0 spiro atoms. The first-order valence-corrected chi connectivity index (χ1v) is 5.61. The fourth-order valence-electron chi connectivity index (χ4n) is 1.03. The van der Waals surface area contributed by atoms with Crippen LogP contribution in [0.4, 0.5) is 13.2 Å². The molecule has 0 aromatic carbocycles. The summed E-state index contributed by atoms with van der Waals surface area (Å²) in [7, 11) is -0.523. The van der Waals surface area contributed by atoms with Gasteiger partial charge in [-0.2, -0.15) is 13.2 Å². The highest BCUT2D eigenvalue weighted by atomic mass is 32.2. The molecule has 2 unspecified atom stereocenters. The Morgan fingerprint density at radius 1 is 1.53 bits per heavy atom. The molecule has 2 atom stereocenters. The van der Waals surface area contributed by atoms with Crippen LogP contribution in [-0.2, 0) is 15.6 Å². The number of halogens is 3. The second-order valence-electron chi connectivity index (χ2n) is 2.92. The molecule has 1 saturated heterocycles. The number of quaternary nitrogens is 1. The van der Waals surface area contributed by atoms with E-state index in [9.17, 15) is 17.4 Å². The third-order valence-corrected chi connectivity index (χ3v) is 3.70. The minimum atomic E-state index is -5.19. The van der Waals surface area contributed by atoms with Gasteiger partial charge >= 0.3 is 6.18 Å². The molecule has 1 rings (SSSR count). The van der Waals surface area contributed by atoms with Gasteiger partial charge in [0, 0.05) is 16.6 Å². The smallest absolute Gasteiger partial charge is 0.430 e. The molecule has 90 valence electrons. The molecule has 0 aromatic rings. The predicted molar refractivity (Wildman–Crippen MR) is 44.8 cm³/mol. The Labute approximate surface area is 87.1 Å². The van der Waals surface area contributed by atoms with Crippen LogP contribution in [0.25, 0.3) is 0 Å². The Balaban J connectivity index is 0.000000265. The van der Waals surface area contributed by atoms with Crippen LogP contribution in [0.5, 0.6) is 0 Å². The Kier molecular flexibility index (Phi) is 5.81. The maximum absolute atomic E-state index is 10.9. The van der Waals surface area contributed by atoms with E-state index in [2.05, 4.69) is 5.73 Å². The van der Waals surface area contributed by atoms with Crippen LogP contribution >= 0.6 is 0 Å². The zero-order chi connectivity index (χ0) is 12.1. The highest BCUT2D eigenvalue weighted by Gasteiger charge is 2.28. The fourth-order valence-corrected chi connectivity index (χ4v) is 2.50. The zero-order valence-corrected chi connectivity index (χ0v) is 8.70. The van der Waals surface area contributed by atoms with Gasteiger partial charge in [-0.15, -0.1) is 0 Å². The predicted octanol–water partition coefficient (Wildman–Crippen LogP) is -1.56. The number of carboxylic acids is 1. The minimum absolute atomic E-state index is 0.426. The number of carbonyl (C=O) groups is 1. The molecule has 3 N–H and O–H groups in total. The van der Waals surface area contributed by atoms with E-state index in [1.807, 2.05) is 0 Å². The van der Waals surface area contributed by atoms with Crippen molar-refractivity contribution in [1.82, 2.24) is 0 Å².